The summed E-state index contributed by atoms with van der Waals surface area (Å²) in [5.41, 5.74) is 1.77. The van der Waals surface area contributed by atoms with Crippen LogP contribution in [0.5, 0.6) is 0 Å². The Bertz CT molecular complexity index is 623. The molecule has 1 aromatic carbocycles. The van der Waals surface area contributed by atoms with Gasteiger partial charge >= 0.3 is 0 Å². The monoisotopic (exact) mass is 337 g/mol. The van der Waals surface area contributed by atoms with Crippen molar-refractivity contribution in [2.45, 2.75) is 12.3 Å². The van der Waals surface area contributed by atoms with Gasteiger partial charge in [0, 0.05) is 23.3 Å². The van der Waals surface area contributed by atoms with E-state index < -0.39 is 0 Å². The smallest absolute Gasteiger partial charge is 0.256 e. The minimum absolute atomic E-state index is 0. The fourth-order valence-corrected chi connectivity index (χ4v) is 2.58. The lowest BCUT2D eigenvalue weighted by atomic mass is 10.0. The Balaban J connectivity index is 0.00000176. The minimum atomic E-state index is -0.186. The third kappa shape index (κ3) is 3.97. The summed E-state index contributed by atoms with van der Waals surface area (Å²) in [5.74, 6) is 0.901. The number of nitrogens with one attached hydrogen (secondary N) is 2. The van der Waals surface area contributed by atoms with Crippen LogP contribution in [0.4, 0.5) is 5.82 Å². The molecule has 3 rings (SSSR count). The summed E-state index contributed by atoms with van der Waals surface area (Å²) in [6.45, 7) is 2.05. The molecule has 0 radical (unpaired) electrons. The van der Waals surface area contributed by atoms with Crippen LogP contribution >= 0.6 is 24.0 Å². The molecule has 2 heterocycles. The number of carbonyl (C=O) groups is 1. The van der Waals surface area contributed by atoms with Crippen LogP contribution in [-0.4, -0.2) is 24.0 Å². The summed E-state index contributed by atoms with van der Waals surface area (Å²) >= 11 is 5.81. The number of hydrogen-bond donors (Lipinski definition) is 2. The van der Waals surface area contributed by atoms with Crippen molar-refractivity contribution in [1.29, 1.82) is 0 Å². The first-order valence-corrected chi connectivity index (χ1v) is 7.34. The van der Waals surface area contributed by atoms with Crippen LogP contribution in [0.3, 0.4) is 0 Å². The molecule has 1 saturated heterocycles. The molecule has 1 amide bonds. The molecule has 1 aromatic heterocycles. The van der Waals surface area contributed by atoms with Gasteiger partial charge in [-0.3, -0.25) is 4.79 Å². The summed E-state index contributed by atoms with van der Waals surface area (Å²) in [6.07, 6.45) is 2.98. The predicted molar refractivity (Wildman–Crippen MR) is 91.1 cm³/mol. The number of amides is 1. The molecule has 116 valence electrons. The highest BCUT2D eigenvalue weighted by Gasteiger charge is 2.16. The first kappa shape index (κ1) is 16.7. The van der Waals surface area contributed by atoms with Crippen molar-refractivity contribution in [2.75, 3.05) is 18.4 Å². The van der Waals surface area contributed by atoms with Crippen molar-refractivity contribution < 1.29 is 4.79 Å². The molecule has 1 unspecified atom stereocenters. The number of benzene rings is 1. The Morgan fingerprint density at radius 2 is 2.00 bits per heavy atom. The largest absolute Gasteiger partial charge is 0.316 e. The molecule has 1 atom stereocenters. The van der Waals surface area contributed by atoms with E-state index in [1.165, 1.54) is 5.56 Å². The molecule has 0 aliphatic carbocycles. The molecule has 2 N–H and O–H groups in total. The van der Waals surface area contributed by atoms with Crippen LogP contribution in [0.15, 0.2) is 42.6 Å². The van der Waals surface area contributed by atoms with Gasteiger partial charge in [-0.15, -0.1) is 12.4 Å². The summed E-state index contributed by atoms with van der Waals surface area (Å²) in [6, 6.07) is 10.6. The highest BCUT2D eigenvalue weighted by molar-refractivity contribution is 6.30. The molecule has 6 heteroatoms. The summed E-state index contributed by atoms with van der Waals surface area (Å²) in [7, 11) is 0. The van der Waals surface area contributed by atoms with Gasteiger partial charge in [0.05, 0.1) is 0 Å². The van der Waals surface area contributed by atoms with Crippen LogP contribution in [-0.2, 0) is 0 Å². The molecule has 1 aliphatic heterocycles. The highest BCUT2D eigenvalue weighted by atomic mass is 35.5. The van der Waals surface area contributed by atoms with E-state index in [2.05, 4.69) is 15.6 Å². The van der Waals surface area contributed by atoms with Crippen molar-refractivity contribution in [3.8, 4) is 0 Å². The topological polar surface area (TPSA) is 54.0 Å². The molecule has 22 heavy (non-hydrogen) atoms. The lowest BCUT2D eigenvalue weighted by Gasteiger charge is -2.09. The third-order valence-corrected chi connectivity index (χ3v) is 3.92. The van der Waals surface area contributed by atoms with Crippen molar-refractivity contribution in [3.05, 3.63) is 58.7 Å². The average molecular weight is 338 g/mol. The van der Waals surface area contributed by atoms with Crippen molar-refractivity contribution in [3.63, 3.8) is 0 Å². The second-order valence-electron chi connectivity index (χ2n) is 5.13. The van der Waals surface area contributed by atoms with Crippen molar-refractivity contribution in [2.24, 2.45) is 0 Å². The summed E-state index contributed by atoms with van der Waals surface area (Å²) in [4.78, 5) is 16.4. The first-order chi connectivity index (χ1) is 10.2. The maximum absolute atomic E-state index is 12.1. The van der Waals surface area contributed by atoms with Gasteiger partial charge in [-0.1, -0.05) is 17.7 Å². The fourth-order valence-electron chi connectivity index (χ4n) is 2.45. The Morgan fingerprint density at radius 3 is 2.59 bits per heavy atom. The summed E-state index contributed by atoms with van der Waals surface area (Å²) < 4.78 is 0. The highest BCUT2D eigenvalue weighted by Crippen LogP contribution is 2.22. The number of hydrogen-bond acceptors (Lipinski definition) is 3. The predicted octanol–water partition coefficient (Wildman–Crippen LogP) is 3.49. The van der Waals surface area contributed by atoms with Gasteiger partial charge < -0.3 is 10.6 Å². The molecule has 0 spiro atoms. The number of anilines is 1. The quantitative estimate of drug-likeness (QED) is 0.901. The third-order valence-electron chi connectivity index (χ3n) is 3.67. The van der Waals surface area contributed by atoms with E-state index in [0.717, 1.165) is 19.5 Å². The van der Waals surface area contributed by atoms with E-state index in [1.54, 1.807) is 24.3 Å². The number of carbonyl (C=O) groups excluding carboxylic acids is 1. The fraction of sp³-hybridized carbons (Fsp3) is 0.250. The Kier molecular flexibility index (Phi) is 5.77. The van der Waals surface area contributed by atoms with Crippen LogP contribution in [0.1, 0.15) is 28.3 Å². The van der Waals surface area contributed by atoms with E-state index in [9.17, 15) is 4.79 Å². The second kappa shape index (κ2) is 7.58. The zero-order valence-corrected chi connectivity index (χ0v) is 13.5. The van der Waals surface area contributed by atoms with E-state index in [4.69, 9.17) is 11.6 Å². The summed E-state index contributed by atoms with van der Waals surface area (Å²) in [5, 5.41) is 6.73. The van der Waals surface area contributed by atoms with E-state index in [1.807, 2.05) is 18.3 Å². The van der Waals surface area contributed by atoms with E-state index in [-0.39, 0.29) is 18.3 Å². The lowest BCUT2D eigenvalue weighted by Crippen LogP contribution is -2.13. The van der Waals surface area contributed by atoms with Gasteiger partial charge in [-0.25, -0.2) is 4.98 Å². The zero-order chi connectivity index (χ0) is 14.7. The Hall–Kier alpha value is -1.62. The van der Waals surface area contributed by atoms with E-state index in [0.29, 0.717) is 22.3 Å². The number of aromatic nitrogens is 1. The van der Waals surface area contributed by atoms with Crippen LogP contribution in [0.2, 0.25) is 5.02 Å². The maximum Gasteiger partial charge on any atom is 0.256 e. The normalized spacial score (nSPS) is 16.9. The molecule has 2 aromatic rings. The van der Waals surface area contributed by atoms with Crippen LogP contribution in [0.25, 0.3) is 0 Å². The number of halogens is 2. The second-order valence-corrected chi connectivity index (χ2v) is 5.56. The average Bonchev–Trinajstić information content (AvgIpc) is 3.03. The van der Waals surface area contributed by atoms with Gasteiger partial charge in [0.25, 0.3) is 5.91 Å². The number of nitrogens with zero attached hydrogens (tertiary/aromatic N) is 1. The molecule has 0 bridgehead atoms. The first-order valence-electron chi connectivity index (χ1n) is 6.96. The minimum Gasteiger partial charge on any atom is -0.316 e. The van der Waals surface area contributed by atoms with Gasteiger partial charge in [-0.05, 0) is 54.8 Å². The van der Waals surface area contributed by atoms with Crippen LogP contribution < -0.4 is 10.6 Å². The van der Waals surface area contributed by atoms with E-state index >= 15 is 0 Å². The maximum atomic E-state index is 12.1. The van der Waals surface area contributed by atoms with Crippen molar-refractivity contribution in [1.82, 2.24) is 10.3 Å². The lowest BCUT2D eigenvalue weighted by molar-refractivity contribution is 0.102. The Morgan fingerprint density at radius 1 is 1.23 bits per heavy atom. The standard InChI is InChI=1S/C16H16ClN3O.ClH/c17-14-4-1-11(2-5-14)16(21)20-15-6-3-12(10-19-15)13-7-8-18-9-13;/h1-6,10,13,18H,7-9H2,(H,19,20,21);1H. The molecular formula is C16H17Cl2N3O. The zero-order valence-electron chi connectivity index (χ0n) is 11.9. The molecule has 4 nitrogen and oxygen atoms in total. The van der Waals surface area contributed by atoms with Gasteiger partial charge in [0.1, 0.15) is 5.82 Å². The number of rotatable bonds is 3. The van der Waals surface area contributed by atoms with Gasteiger partial charge in [0.2, 0.25) is 0 Å². The van der Waals surface area contributed by atoms with Gasteiger partial charge in [0.15, 0.2) is 0 Å². The van der Waals surface area contributed by atoms with Crippen LogP contribution in [0, 0.1) is 0 Å². The van der Waals surface area contributed by atoms with Crippen molar-refractivity contribution >= 4 is 35.7 Å². The van der Waals surface area contributed by atoms with Gasteiger partial charge in [-0.2, -0.15) is 0 Å². The molecule has 1 fully saturated rings. The number of pyridine rings is 1. The molecule has 0 saturated carbocycles. The molecular weight excluding hydrogens is 321 g/mol. The molecule has 1 aliphatic rings. The Labute approximate surface area is 140 Å². The SMILES string of the molecule is Cl.O=C(Nc1ccc(C2CCNC2)cn1)c1ccc(Cl)cc1.